The number of nitrogens with zero attached hydrogens (tertiary/aromatic N) is 2. The van der Waals surface area contributed by atoms with Gasteiger partial charge in [-0.25, -0.2) is 0 Å². The summed E-state index contributed by atoms with van der Waals surface area (Å²) in [6.45, 7) is 0. The standard InChI is InChI=1S/C42H26N2/c1-3-9-27(10-4-1)29-17-21-31(22-18-29)43-35-15-7-13-33-34-14-8-16-36-40(34)42-38(26-25-37(43)41(42)39(33)35)44(36)32-23-19-30(20-24-32)28-11-5-2-6-12-28/h1-26H. The summed E-state index contributed by atoms with van der Waals surface area (Å²) in [7, 11) is 0. The quantitative estimate of drug-likeness (QED) is 0.190. The van der Waals surface area contributed by atoms with Gasteiger partial charge in [-0.1, -0.05) is 109 Å². The van der Waals surface area contributed by atoms with Crippen LogP contribution in [0.4, 0.5) is 0 Å². The Bertz CT molecular complexity index is 2420. The molecule has 0 aliphatic rings. The first-order chi connectivity index (χ1) is 21.8. The van der Waals surface area contributed by atoms with Gasteiger partial charge in [-0.05, 0) is 81.6 Å². The Morgan fingerprint density at radius 1 is 0.250 bits per heavy atom. The summed E-state index contributed by atoms with van der Waals surface area (Å²) in [6, 6.07) is 57.5. The summed E-state index contributed by atoms with van der Waals surface area (Å²) >= 11 is 0. The fraction of sp³-hybridized carbons (Fsp3) is 0. The maximum Gasteiger partial charge on any atom is 0.0549 e. The van der Waals surface area contributed by atoms with Gasteiger partial charge >= 0.3 is 0 Å². The van der Waals surface area contributed by atoms with E-state index in [0.717, 1.165) is 0 Å². The largest absolute Gasteiger partial charge is 0.309 e. The van der Waals surface area contributed by atoms with Crippen LogP contribution in [0.25, 0.3) is 88.0 Å². The Labute approximate surface area is 254 Å². The highest BCUT2D eigenvalue weighted by Gasteiger charge is 2.25. The van der Waals surface area contributed by atoms with E-state index in [1.165, 1.54) is 88.0 Å². The first-order valence-electron chi connectivity index (χ1n) is 15.2. The van der Waals surface area contributed by atoms with Crippen molar-refractivity contribution < 1.29 is 0 Å². The van der Waals surface area contributed by atoms with Crippen LogP contribution in [0.3, 0.4) is 0 Å². The normalized spacial score (nSPS) is 12.1. The van der Waals surface area contributed by atoms with Gasteiger partial charge in [0.05, 0.1) is 22.1 Å². The van der Waals surface area contributed by atoms with E-state index in [2.05, 4.69) is 167 Å². The predicted octanol–water partition coefficient (Wildman–Crippen LogP) is 11.2. The lowest BCUT2D eigenvalue weighted by Gasteiger charge is -2.11. The zero-order valence-electron chi connectivity index (χ0n) is 23.9. The molecule has 10 rings (SSSR count). The number of rotatable bonds is 4. The average molecular weight is 559 g/mol. The average Bonchev–Trinajstić information content (AvgIpc) is 3.62. The molecule has 0 saturated heterocycles. The van der Waals surface area contributed by atoms with Crippen molar-refractivity contribution in [3.8, 4) is 33.6 Å². The zero-order valence-corrected chi connectivity index (χ0v) is 23.9. The lowest BCUT2D eigenvalue weighted by molar-refractivity contribution is 1.17. The molecule has 2 heterocycles. The van der Waals surface area contributed by atoms with Crippen LogP contribution in [0.1, 0.15) is 0 Å². The highest BCUT2D eigenvalue weighted by Crippen LogP contribution is 2.48. The zero-order chi connectivity index (χ0) is 28.8. The molecule has 0 N–H and O–H groups in total. The molecule has 10 aromatic rings. The van der Waals surface area contributed by atoms with Crippen molar-refractivity contribution in [1.82, 2.24) is 9.13 Å². The van der Waals surface area contributed by atoms with Crippen LogP contribution in [0.5, 0.6) is 0 Å². The molecule has 2 nitrogen and oxygen atoms in total. The minimum atomic E-state index is 1.18. The van der Waals surface area contributed by atoms with Crippen molar-refractivity contribution in [1.29, 1.82) is 0 Å². The molecule has 204 valence electrons. The second kappa shape index (κ2) is 8.82. The van der Waals surface area contributed by atoms with E-state index in [-0.39, 0.29) is 0 Å². The Hall–Kier alpha value is -5.86. The molecule has 0 aliphatic heterocycles. The summed E-state index contributed by atoms with van der Waals surface area (Å²) in [5, 5.41) is 8.02. The Balaban J connectivity index is 1.24. The van der Waals surface area contributed by atoms with Crippen LogP contribution in [-0.2, 0) is 0 Å². The minimum Gasteiger partial charge on any atom is -0.309 e. The van der Waals surface area contributed by atoms with Gasteiger partial charge in [0.2, 0.25) is 0 Å². The number of hydrogen-bond acceptors (Lipinski definition) is 0. The van der Waals surface area contributed by atoms with Crippen LogP contribution >= 0.6 is 0 Å². The van der Waals surface area contributed by atoms with Gasteiger partial charge in [-0.2, -0.15) is 0 Å². The maximum absolute atomic E-state index is 2.45. The summed E-state index contributed by atoms with van der Waals surface area (Å²) in [5.74, 6) is 0. The molecule has 0 amide bonds. The molecule has 0 unspecified atom stereocenters. The Morgan fingerprint density at radius 2 is 0.614 bits per heavy atom. The summed E-state index contributed by atoms with van der Waals surface area (Å²) in [6.07, 6.45) is 0. The predicted molar refractivity (Wildman–Crippen MR) is 186 cm³/mol. The molecule has 0 bridgehead atoms. The first-order valence-corrected chi connectivity index (χ1v) is 15.2. The number of aromatic nitrogens is 2. The van der Waals surface area contributed by atoms with Crippen LogP contribution < -0.4 is 0 Å². The third-order valence-corrected chi connectivity index (χ3v) is 9.47. The highest BCUT2D eigenvalue weighted by atomic mass is 15.0. The fourth-order valence-electron chi connectivity index (χ4n) is 7.57. The second-order valence-electron chi connectivity index (χ2n) is 11.7. The fourth-order valence-corrected chi connectivity index (χ4v) is 7.57. The highest BCUT2D eigenvalue weighted by molar-refractivity contribution is 6.40. The Kier molecular flexibility index (Phi) is 4.75. The molecule has 2 heteroatoms. The van der Waals surface area contributed by atoms with Crippen LogP contribution in [-0.4, -0.2) is 9.13 Å². The van der Waals surface area contributed by atoms with E-state index < -0.39 is 0 Å². The lowest BCUT2D eigenvalue weighted by atomic mass is 9.95. The van der Waals surface area contributed by atoms with E-state index in [1.54, 1.807) is 0 Å². The molecule has 0 aliphatic carbocycles. The van der Waals surface area contributed by atoms with Gasteiger partial charge in [0.1, 0.15) is 0 Å². The molecule has 0 radical (unpaired) electrons. The summed E-state index contributed by atoms with van der Waals surface area (Å²) < 4.78 is 4.90. The van der Waals surface area contributed by atoms with Gasteiger partial charge in [0.15, 0.2) is 0 Å². The monoisotopic (exact) mass is 558 g/mol. The van der Waals surface area contributed by atoms with E-state index in [1.807, 2.05) is 0 Å². The summed E-state index contributed by atoms with van der Waals surface area (Å²) in [5.41, 5.74) is 12.3. The summed E-state index contributed by atoms with van der Waals surface area (Å²) in [4.78, 5) is 0. The minimum absolute atomic E-state index is 1.18. The van der Waals surface area contributed by atoms with E-state index in [9.17, 15) is 0 Å². The van der Waals surface area contributed by atoms with Crippen molar-refractivity contribution in [2.45, 2.75) is 0 Å². The van der Waals surface area contributed by atoms with Crippen molar-refractivity contribution in [3.05, 3.63) is 158 Å². The van der Waals surface area contributed by atoms with Gasteiger partial charge in [0.25, 0.3) is 0 Å². The van der Waals surface area contributed by atoms with Crippen molar-refractivity contribution in [3.63, 3.8) is 0 Å². The molecular weight excluding hydrogens is 532 g/mol. The molecule has 0 spiro atoms. The van der Waals surface area contributed by atoms with Crippen molar-refractivity contribution >= 4 is 54.4 Å². The van der Waals surface area contributed by atoms with E-state index in [0.29, 0.717) is 0 Å². The molecular formula is C42H26N2. The molecule has 2 aromatic heterocycles. The van der Waals surface area contributed by atoms with E-state index >= 15 is 0 Å². The Morgan fingerprint density at radius 3 is 1.02 bits per heavy atom. The molecule has 0 saturated carbocycles. The van der Waals surface area contributed by atoms with Crippen LogP contribution in [0.2, 0.25) is 0 Å². The number of fused-ring (bicyclic) bond motifs is 1. The van der Waals surface area contributed by atoms with Crippen LogP contribution in [0.15, 0.2) is 158 Å². The number of hydrogen-bond donors (Lipinski definition) is 0. The molecule has 44 heavy (non-hydrogen) atoms. The van der Waals surface area contributed by atoms with Crippen LogP contribution in [0, 0.1) is 0 Å². The van der Waals surface area contributed by atoms with E-state index in [4.69, 9.17) is 0 Å². The first kappa shape index (κ1) is 23.7. The maximum atomic E-state index is 2.45. The van der Waals surface area contributed by atoms with Crippen molar-refractivity contribution in [2.75, 3.05) is 0 Å². The third kappa shape index (κ3) is 3.14. The topological polar surface area (TPSA) is 9.86 Å². The second-order valence-corrected chi connectivity index (χ2v) is 11.7. The lowest BCUT2D eigenvalue weighted by Crippen LogP contribution is -1.95. The van der Waals surface area contributed by atoms with Gasteiger partial charge in [-0.3, -0.25) is 0 Å². The van der Waals surface area contributed by atoms with Gasteiger partial charge in [0, 0.05) is 32.9 Å². The molecule has 8 aromatic carbocycles. The number of benzene rings is 8. The van der Waals surface area contributed by atoms with Crippen molar-refractivity contribution in [2.24, 2.45) is 0 Å². The SMILES string of the molecule is c1ccc(-c2ccc(-n3c4cccc5c6cccc7c6c6c(c54)c3ccc6n7-c3ccc(-c4ccccc4)cc3)cc2)cc1. The van der Waals surface area contributed by atoms with Gasteiger partial charge < -0.3 is 9.13 Å². The smallest absolute Gasteiger partial charge is 0.0549 e. The molecule has 0 atom stereocenters. The van der Waals surface area contributed by atoms with Gasteiger partial charge in [-0.15, -0.1) is 0 Å². The molecule has 0 fully saturated rings. The third-order valence-electron chi connectivity index (χ3n) is 9.47.